The molecule has 0 saturated carbocycles. The fourth-order valence-corrected chi connectivity index (χ4v) is 1.20. The normalized spacial score (nSPS) is 14.2. The summed E-state index contributed by atoms with van der Waals surface area (Å²) in [5, 5.41) is 0. The van der Waals surface area contributed by atoms with E-state index in [-0.39, 0.29) is 0 Å². The predicted molar refractivity (Wildman–Crippen MR) is 48.3 cm³/mol. The van der Waals surface area contributed by atoms with E-state index in [1.54, 1.807) is 0 Å². The zero-order valence-electron chi connectivity index (χ0n) is 8.16. The van der Waals surface area contributed by atoms with Gasteiger partial charge in [0.15, 0.2) is 0 Å². The number of aryl methyl sites for hydroxylation is 1. The fraction of sp³-hybridized carbons (Fsp3) is 0.625. The molecule has 1 heterocycles. The van der Waals surface area contributed by atoms with E-state index >= 15 is 0 Å². The highest BCUT2D eigenvalue weighted by atomic mass is 19.4. The van der Waals surface area contributed by atoms with Crippen molar-refractivity contribution in [2.24, 2.45) is 18.7 Å². The van der Waals surface area contributed by atoms with Gasteiger partial charge < -0.3 is 10.3 Å². The van der Waals surface area contributed by atoms with Crippen LogP contribution in [0, 0.1) is 5.92 Å². The molecule has 1 rings (SSSR count). The lowest BCUT2D eigenvalue weighted by atomic mass is 10.1. The summed E-state index contributed by atoms with van der Waals surface area (Å²) in [6.07, 6.45) is -1.65. The van der Waals surface area contributed by atoms with Gasteiger partial charge in [-0.15, -0.1) is 0 Å². The second-order valence-corrected chi connectivity index (χ2v) is 3.32. The van der Waals surface area contributed by atoms with Crippen LogP contribution in [0.1, 0.15) is 0 Å². The first-order chi connectivity index (χ1) is 6.86. The van der Waals surface area contributed by atoms with Crippen LogP contribution >= 0.6 is 0 Å². The first-order valence-corrected chi connectivity index (χ1v) is 4.34. The number of aromatic nitrogens is 2. The Bertz CT molecular complexity index is 379. The summed E-state index contributed by atoms with van der Waals surface area (Å²) in [5.41, 5.74) is 4.55. The average Bonchev–Trinajstić information content (AvgIpc) is 2.43. The summed E-state index contributed by atoms with van der Waals surface area (Å²) in [5.74, 6) is -1.68. The Morgan fingerprint density at radius 1 is 1.47 bits per heavy atom. The summed E-state index contributed by atoms with van der Waals surface area (Å²) in [6, 6.07) is 0. The van der Waals surface area contributed by atoms with Crippen molar-refractivity contribution in [1.29, 1.82) is 0 Å². The van der Waals surface area contributed by atoms with E-state index in [4.69, 9.17) is 5.73 Å². The molecule has 0 saturated heterocycles. The molecule has 0 bridgehead atoms. The molecule has 4 nitrogen and oxygen atoms in total. The van der Waals surface area contributed by atoms with Crippen LogP contribution in [-0.2, 0) is 13.6 Å². The number of hydrogen-bond donors (Lipinski definition) is 1. The summed E-state index contributed by atoms with van der Waals surface area (Å²) >= 11 is 0. The number of halogens is 3. The maximum Gasteiger partial charge on any atom is 0.394 e. The Morgan fingerprint density at radius 2 is 2.07 bits per heavy atom. The minimum Gasteiger partial charge on any atom is -0.330 e. The topological polar surface area (TPSA) is 52.9 Å². The lowest BCUT2D eigenvalue weighted by molar-refractivity contribution is -0.175. The van der Waals surface area contributed by atoms with E-state index in [9.17, 15) is 18.0 Å². The molecule has 0 radical (unpaired) electrons. The Morgan fingerprint density at radius 3 is 2.40 bits per heavy atom. The molecule has 1 unspecified atom stereocenters. The van der Waals surface area contributed by atoms with Gasteiger partial charge in [-0.1, -0.05) is 0 Å². The van der Waals surface area contributed by atoms with Gasteiger partial charge in [0.2, 0.25) is 0 Å². The zero-order chi connectivity index (χ0) is 11.6. The van der Waals surface area contributed by atoms with Crippen molar-refractivity contribution in [3.8, 4) is 0 Å². The van der Waals surface area contributed by atoms with Gasteiger partial charge in [-0.25, -0.2) is 4.79 Å². The van der Waals surface area contributed by atoms with Gasteiger partial charge in [0, 0.05) is 32.5 Å². The minimum atomic E-state index is -4.37. The molecule has 0 aliphatic heterocycles. The molecule has 86 valence electrons. The van der Waals surface area contributed by atoms with E-state index in [2.05, 4.69) is 0 Å². The lowest BCUT2D eigenvalue weighted by Gasteiger charge is -2.18. The van der Waals surface area contributed by atoms with Crippen molar-refractivity contribution in [3.05, 3.63) is 22.9 Å². The molecule has 1 aromatic heterocycles. The van der Waals surface area contributed by atoms with Crippen LogP contribution in [0.4, 0.5) is 13.2 Å². The van der Waals surface area contributed by atoms with E-state index < -0.39 is 30.9 Å². The Hall–Kier alpha value is -1.24. The molecule has 7 heteroatoms. The third-order valence-electron chi connectivity index (χ3n) is 2.18. The number of rotatable bonds is 3. The largest absolute Gasteiger partial charge is 0.394 e. The molecule has 2 N–H and O–H groups in total. The SMILES string of the molecule is Cn1ccn(CC(CN)C(F)(F)F)c1=O. The highest BCUT2D eigenvalue weighted by Crippen LogP contribution is 2.26. The van der Waals surface area contributed by atoms with E-state index in [0.717, 1.165) is 4.57 Å². The van der Waals surface area contributed by atoms with E-state index in [1.165, 1.54) is 24.0 Å². The van der Waals surface area contributed by atoms with Gasteiger partial charge in [0.1, 0.15) is 0 Å². The molecule has 1 atom stereocenters. The highest BCUT2D eigenvalue weighted by molar-refractivity contribution is 4.82. The fourth-order valence-electron chi connectivity index (χ4n) is 1.20. The Labute approximate surface area is 84.1 Å². The molecular formula is C8H12F3N3O. The third-order valence-corrected chi connectivity index (χ3v) is 2.18. The smallest absolute Gasteiger partial charge is 0.330 e. The lowest BCUT2D eigenvalue weighted by Crippen LogP contribution is -2.36. The second-order valence-electron chi connectivity index (χ2n) is 3.32. The minimum absolute atomic E-state index is 0.431. The molecule has 0 fully saturated rings. The molecule has 0 aliphatic rings. The van der Waals surface area contributed by atoms with Gasteiger partial charge in [-0.3, -0.25) is 4.57 Å². The van der Waals surface area contributed by atoms with Crippen molar-refractivity contribution < 1.29 is 13.2 Å². The maximum atomic E-state index is 12.3. The number of hydrogen-bond acceptors (Lipinski definition) is 2. The maximum absolute atomic E-state index is 12.3. The van der Waals surface area contributed by atoms with Crippen molar-refractivity contribution in [2.75, 3.05) is 6.54 Å². The van der Waals surface area contributed by atoms with Crippen LogP contribution in [0.3, 0.4) is 0 Å². The van der Waals surface area contributed by atoms with Crippen LogP contribution < -0.4 is 11.4 Å². The number of imidazole rings is 1. The van der Waals surface area contributed by atoms with Crippen LogP contribution in [0.5, 0.6) is 0 Å². The summed E-state index contributed by atoms with van der Waals surface area (Å²) in [4.78, 5) is 11.3. The Balaban J connectivity index is 2.85. The number of nitrogens with zero attached hydrogens (tertiary/aromatic N) is 2. The third kappa shape index (κ3) is 2.62. The van der Waals surface area contributed by atoms with E-state index in [0.29, 0.717) is 0 Å². The first kappa shape index (κ1) is 11.8. The van der Waals surface area contributed by atoms with Crippen molar-refractivity contribution in [3.63, 3.8) is 0 Å². The first-order valence-electron chi connectivity index (χ1n) is 4.34. The average molecular weight is 223 g/mol. The van der Waals surface area contributed by atoms with Crippen molar-refractivity contribution in [2.45, 2.75) is 12.7 Å². The molecule has 0 aliphatic carbocycles. The van der Waals surface area contributed by atoms with E-state index in [1.807, 2.05) is 0 Å². The van der Waals surface area contributed by atoms with Crippen molar-refractivity contribution in [1.82, 2.24) is 9.13 Å². The van der Waals surface area contributed by atoms with Gasteiger partial charge in [0.25, 0.3) is 0 Å². The summed E-state index contributed by atoms with van der Waals surface area (Å²) in [7, 11) is 1.48. The predicted octanol–water partition coefficient (Wildman–Crippen LogP) is 0.324. The molecule has 15 heavy (non-hydrogen) atoms. The zero-order valence-corrected chi connectivity index (χ0v) is 8.16. The van der Waals surface area contributed by atoms with Crippen LogP contribution in [0.15, 0.2) is 17.2 Å². The highest BCUT2D eigenvalue weighted by Gasteiger charge is 2.38. The monoisotopic (exact) mass is 223 g/mol. The van der Waals surface area contributed by atoms with Crippen molar-refractivity contribution >= 4 is 0 Å². The Kier molecular flexibility index (Phi) is 3.23. The molecule has 0 amide bonds. The summed E-state index contributed by atoms with van der Waals surface area (Å²) in [6.45, 7) is -0.954. The number of alkyl halides is 3. The van der Waals surface area contributed by atoms with Gasteiger partial charge in [0.05, 0.1) is 5.92 Å². The molecular weight excluding hydrogens is 211 g/mol. The molecule has 0 spiro atoms. The molecule has 0 aromatic carbocycles. The van der Waals surface area contributed by atoms with Gasteiger partial charge in [-0.05, 0) is 0 Å². The molecule has 1 aromatic rings. The second kappa shape index (κ2) is 4.09. The quantitative estimate of drug-likeness (QED) is 0.802. The van der Waals surface area contributed by atoms with Crippen LogP contribution in [-0.4, -0.2) is 21.9 Å². The van der Waals surface area contributed by atoms with Gasteiger partial charge >= 0.3 is 11.9 Å². The van der Waals surface area contributed by atoms with Gasteiger partial charge in [-0.2, -0.15) is 13.2 Å². The van der Waals surface area contributed by atoms with Crippen LogP contribution in [0.25, 0.3) is 0 Å². The van der Waals surface area contributed by atoms with Crippen LogP contribution in [0.2, 0.25) is 0 Å². The number of nitrogens with two attached hydrogens (primary N) is 1. The summed E-state index contributed by atoms with van der Waals surface area (Å²) < 4.78 is 39.2. The standard InChI is InChI=1S/C8H12F3N3O/c1-13-2-3-14(7(13)15)5-6(4-12)8(9,10)11/h2-3,6H,4-5,12H2,1H3.